The summed E-state index contributed by atoms with van der Waals surface area (Å²) in [5.41, 5.74) is 3.37. The first-order chi connectivity index (χ1) is 16.2. The van der Waals surface area contributed by atoms with Gasteiger partial charge in [-0.1, -0.05) is 24.3 Å². The minimum Gasteiger partial charge on any atom is -0.497 e. The maximum absolute atomic E-state index is 13.0. The average molecular weight is 446 g/mol. The highest BCUT2D eigenvalue weighted by molar-refractivity contribution is 5.94. The Morgan fingerprint density at radius 3 is 2.27 bits per heavy atom. The summed E-state index contributed by atoms with van der Waals surface area (Å²) in [6, 6.07) is 19.6. The normalized spacial score (nSPS) is 29.8. The molecule has 174 valence electrons. The molecule has 0 spiro atoms. The fourth-order valence-corrected chi connectivity index (χ4v) is 6.93. The predicted molar refractivity (Wildman–Crippen MR) is 130 cm³/mol. The Bertz CT molecular complexity index is 982. The molecule has 0 saturated carbocycles. The van der Waals surface area contributed by atoms with Crippen LogP contribution in [0.25, 0.3) is 0 Å². The number of piperazine rings is 1. The van der Waals surface area contributed by atoms with Gasteiger partial charge in [-0.3, -0.25) is 9.69 Å². The van der Waals surface area contributed by atoms with Crippen molar-refractivity contribution in [2.75, 3.05) is 20.2 Å². The molecule has 33 heavy (non-hydrogen) atoms. The van der Waals surface area contributed by atoms with E-state index < -0.39 is 0 Å². The van der Waals surface area contributed by atoms with Crippen molar-refractivity contribution < 1.29 is 9.53 Å². The maximum atomic E-state index is 13.0. The number of methoxy groups -OCH3 is 1. The molecule has 2 aromatic rings. The summed E-state index contributed by atoms with van der Waals surface area (Å²) in [6.07, 6.45) is 8.59. The number of nitrogens with zero attached hydrogens (tertiary/aromatic N) is 2. The second-order valence-electron chi connectivity index (χ2n) is 10.3. The van der Waals surface area contributed by atoms with Gasteiger partial charge in [-0.2, -0.15) is 0 Å². The molecule has 4 fully saturated rings. The number of hydrogen-bond acceptors (Lipinski definition) is 4. The highest BCUT2D eigenvalue weighted by Crippen LogP contribution is 2.47. The number of carbonyl (C=O) groups is 1. The monoisotopic (exact) mass is 445 g/mol. The molecule has 6 rings (SSSR count). The Balaban J connectivity index is 1.35. The van der Waals surface area contributed by atoms with E-state index in [1.165, 1.54) is 43.2 Å². The zero-order valence-corrected chi connectivity index (χ0v) is 19.6. The Labute approximate surface area is 197 Å². The van der Waals surface area contributed by atoms with Crippen molar-refractivity contribution in [1.29, 1.82) is 0 Å². The van der Waals surface area contributed by atoms with E-state index in [0.29, 0.717) is 24.2 Å². The van der Waals surface area contributed by atoms with Crippen molar-refractivity contribution in [2.45, 2.75) is 75.2 Å². The second-order valence-corrected chi connectivity index (χ2v) is 10.3. The van der Waals surface area contributed by atoms with E-state index in [0.717, 1.165) is 37.2 Å². The summed E-state index contributed by atoms with van der Waals surface area (Å²) in [6.45, 7) is 1.78. The zero-order valence-electron chi connectivity index (χ0n) is 19.6. The lowest BCUT2D eigenvalue weighted by atomic mass is 9.92. The van der Waals surface area contributed by atoms with Crippen LogP contribution in [0.3, 0.4) is 0 Å². The van der Waals surface area contributed by atoms with Gasteiger partial charge in [-0.25, -0.2) is 0 Å². The predicted octanol–water partition coefficient (Wildman–Crippen LogP) is 4.38. The van der Waals surface area contributed by atoms with E-state index in [1.807, 2.05) is 11.0 Å². The van der Waals surface area contributed by atoms with Crippen LogP contribution >= 0.6 is 0 Å². The van der Waals surface area contributed by atoms with Crippen LogP contribution in [0.2, 0.25) is 0 Å². The van der Waals surface area contributed by atoms with Gasteiger partial charge in [0.25, 0.3) is 5.91 Å². The van der Waals surface area contributed by atoms with E-state index in [4.69, 9.17) is 4.74 Å². The first-order valence-corrected chi connectivity index (χ1v) is 12.8. The number of hydrogen-bond donors (Lipinski definition) is 1. The first kappa shape index (κ1) is 21.2. The van der Waals surface area contributed by atoms with Gasteiger partial charge in [-0.15, -0.1) is 0 Å². The van der Waals surface area contributed by atoms with Crippen LogP contribution in [-0.4, -0.2) is 60.1 Å². The molecular formula is C28H35N3O2. The van der Waals surface area contributed by atoms with Crippen molar-refractivity contribution >= 4 is 5.91 Å². The smallest absolute Gasteiger partial charge is 0.253 e. The molecule has 4 aliphatic heterocycles. The molecule has 1 N–H and O–H groups in total. The van der Waals surface area contributed by atoms with Gasteiger partial charge < -0.3 is 15.0 Å². The van der Waals surface area contributed by atoms with Gasteiger partial charge in [0.15, 0.2) is 0 Å². The Morgan fingerprint density at radius 2 is 1.61 bits per heavy atom. The van der Waals surface area contributed by atoms with Crippen molar-refractivity contribution in [1.82, 2.24) is 15.1 Å². The van der Waals surface area contributed by atoms with Crippen molar-refractivity contribution in [2.24, 2.45) is 0 Å². The van der Waals surface area contributed by atoms with Gasteiger partial charge >= 0.3 is 0 Å². The zero-order chi connectivity index (χ0) is 22.4. The third-order valence-corrected chi connectivity index (χ3v) is 8.49. The van der Waals surface area contributed by atoms with E-state index in [2.05, 4.69) is 52.7 Å². The number of amides is 1. The van der Waals surface area contributed by atoms with Gasteiger partial charge in [-0.05, 0) is 80.3 Å². The largest absolute Gasteiger partial charge is 0.497 e. The van der Waals surface area contributed by atoms with Gasteiger partial charge in [0.2, 0.25) is 0 Å². The third kappa shape index (κ3) is 3.75. The quantitative estimate of drug-likeness (QED) is 0.742. The van der Waals surface area contributed by atoms with Crippen LogP contribution in [0.15, 0.2) is 48.5 Å². The molecule has 0 aliphatic carbocycles. The molecule has 2 aromatic carbocycles. The first-order valence-electron chi connectivity index (χ1n) is 12.8. The maximum Gasteiger partial charge on any atom is 0.253 e. The fourth-order valence-electron chi connectivity index (χ4n) is 6.93. The second kappa shape index (κ2) is 8.77. The Morgan fingerprint density at radius 1 is 0.909 bits per heavy atom. The van der Waals surface area contributed by atoms with Crippen LogP contribution in [0, 0.1) is 0 Å². The number of rotatable bonds is 5. The molecule has 1 amide bonds. The topological polar surface area (TPSA) is 44.8 Å². The lowest BCUT2D eigenvalue weighted by Crippen LogP contribution is -2.59. The van der Waals surface area contributed by atoms with E-state index in [9.17, 15) is 4.79 Å². The number of nitrogens with one attached hydrogen (secondary N) is 1. The lowest BCUT2D eigenvalue weighted by Gasteiger charge is -2.45. The molecule has 4 heterocycles. The summed E-state index contributed by atoms with van der Waals surface area (Å²) < 4.78 is 5.59. The highest BCUT2D eigenvalue weighted by Gasteiger charge is 2.52. The fraction of sp³-hybridized carbons (Fsp3) is 0.536. The SMILES string of the molecule is COc1cccc(C(c2ccc(C(=O)N3CCCCC3)cc2)N2C3CCC2[C@H]2CCC3N2)c1. The molecule has 4 saturated heterocycles. The number of fused-ring (bicyclic) bond motifs is 6. The summed E-state index contributed by atoms with van der Waals surface area (Å²) >= 11 is 0. The van der Waals surface area contributed by atoms with Gasteiger partial charge in [0.05, 0.1) is 13.2 Å². The average Bonchev–Trinajstić information content (AvgIpc) is 3.44. The lowest BCUT2D eigenvalue weighted by molar-refractivity contribution is 0.0723. The van der Waals surface area contributed by atoms with E-state index in [-0.39, 0.29) is 11.9 Å². The Kier molecular flexibility index (Phi) is 5.63. The molecule has 4 aliphatic rings. The van der Waals surface area contributed by atoms with Crippen molar-refractivity contribution in [3.8, 4) is 5.75 Å². The third-order valence-electron chi connectivity index (χ3n) is 8.49. The summed E-state index contributed by atoms with van der Waals surface area (Å²) in [4.78, 5) is 17.9. The molecule has 5 atom stereocenters. The van der Waals surface area contributed by atoms with Crippen molar-refractivity contribution in [3.05, 3.63) is 65.2 Å². The molecule has 5 heteroatoms. The van der Waals surface area contributed by atoms with Gasteiger partial charge in [0, 0.05) is 42.8 Å². The highest BCUT2D eigenvalue weighted by atomic mass is 16.5. The number of ether oxygens (including phenoxy) is 1. The van der Waals surface area contributed by atoms with Gasteiger partial charge in [0.1, 0.15) is 5.75 Å². The number of carbonyl (C=O) groups excluding carboxylic acids is 1. The minimum absolute atomic E-state index is 0.180. The summed E-state index contributed by atoms with van der Waals surface area (Å²) in [7, 11) is 1.74. The number of piperidine rings is 1. The van der Waals surface area contributed by atoms with Crippen LogP contribution < -0.4 is 10.1 Å². The van der Waals surface area contributed by atoms with Crippen LogP contribution in [-0.2, 0) is 0 Å². The summed E-state index contributed by atoms with van der Waals surface area (Å²) in [5, 5.41) is 3.91. The number of likely N-dealkylation sites (tertiary alicyclic amines) is 1. The molecule has 4 unspecified atom stereocenters. The molecule has 5 nitrogen and oxygen atoms in total. The van der Waals surface area contributed by atoms with E-state index in [1.54, 1.807) is 7.11 Å². The van der Waals surface area contributed by atoms with Crippen molar-refractivity contribution in [3.63, 3.8) is 0 Å². The Hall–Kier alpha value is -2.37. The molecule has 0 aromatic heterocycles. The van der Waals surface area contributed by atoms with Crippen LogP contribution in [0.4, 0.5) is 0 Å². The van der Waals surface area contributed by atoms with E-state index >= 15 is 0 Å². The van der Waals surface area contributed by atoms with Crippen LogP contribution in [0.1, 0.15) is 72.5 Å². The summed E-state index contributed by atoms with van der Waals surface area (Å²) in [5.74, 6) is 1.08. The molecular weight excluding hydrogens is 410 g/mol. The minimum atomic E-state index is 0.180. The van der Waals surface area contributed by atoms with Crippen LogP contribution in [0.5, 0.6) is 5.75 Å². The molecule has 4 bridgehead atoms. The molecule has 0 radical (unpaired) electrons. The number of benzene rings is 2. The standard InChI is InChI=1S/C28H35N3O2/c1-33-22-7-5-6-21(18-22)27(31-25-14-15-26(31)24-13-12-23(25)29-24)19-8-10-20(11-9-19)28(32)30-16-3-2-4-17-30/h5-11,18,23-27,29H,2-4,12-17H2,1H3/t23-,24?,25?,26?,27?/m1/s1.